The van der Waals surface area contributed by atoms with E-state index in [0.29, 0.717) is 12.1 Å². The highest BCUT2D eigenvalue weighted by Crippen LogP contribution is 2.21. The molecular formula is C20H28N2O3. The Kier molecular flexibility index (Phi) is 6.03. The third-order valence-corrected chi connectivity index (χ3v) is 4.72. The van der Waals surface area contributed by atoms with Gasteiger partial charge in [-0.15, -0.1) is 0 Å². The molecule has 0 spiro atoms. The highest BCUT2D eigenvalue weighted by atomic mass is 16.3. The van der Waals surface area contributed by atoms with Crippen LogP contribution in [-0.2, 0) is 6.54 Å². The lowest BCUT2D eigenvalue weighted by Crippen LogP contribution is -2.41. The minimum atomic E-state index is -0.708. The van der Waals surface area contributed by atoms with Crippen LogP contribution in [-0.4, -0.2) is 52.4 Å². The van der Waals surface area contributed by atoms with E-state index < -0.39 is 5.41 Å². The number of aryl methyl sites for hydroxylation is 1. The number of carbonyl (C=O) groups is 1. The van der Waals surface area contributed by atoms with Gasteiger partial charge in [0.2, 0.25) is 0 Å². The molecule has 5 nitrogen and oxygen atoms in total. The first-order valence-electron chi connectivity index (χ1n) is 8.49. The number of aliphatic hydroxyl groups is 2. The van der Waals surface area contributed by atoms with E-state index >= 15 is 0 Å². The fourth-order valence-corrected chi connectivity index (χ4v) is 3.03. The number of benzene rings is 1. The molecule has 0 aliphatic heterocycles. The van der Waals surface area contributed by atoms with Crippen LogP contribution in [0.15, 0.2) is 36.4 Å². The second-order valence-corrected chi connectivity index (χ2v) is 7.14. The first-order chi connectivity index (χ1) is 11.8. The highest BCUT2D eigenvalue weighted by Gasteiger charge is 2.28. The van der Waals surface area contributed by atoms with Crippen LogP contribution < -0.4 is 0 Å². The first-order valence-corrected chi connectivity index (χ1v) is 8.49. The summed E-state index contributed by atoms with van der Waals surface area (Å²) >= 11 is 0. The molecule has 0 saturated heterocycles. The van der Waals surface area contributed by atoms with Gasteiger partial charge in [0.05, 0.1) is 18.8 Å². The molecular weight excluding hydrogens is 316 g/mol. The summed E-state index contributed by atoms with van der Waals surface area (Å²) in [4.78, 5) is 14.4. The number of carbonyl (C=O) groups excluding carboxylic acids is 1. The molecule has 1 amide bonds. The van der Waals surface area contributed by atoms with E-state index in [9.17, 15) is 15.0 Å². The maximum absolute atomic E-state index is 12.8. The highest BCUT2D eigenvalue weighted by molar-refractivity contribution is 5.95. The van der Waals surface area contributed by atoms with Crippen molar-refractivity contribution in [1.82, 2.24) is 9.47 Å². The fourth-order valence-electron chi connectivity index (χ4n) is 3.03. The summed E-state index contributed by atoms with van der Waals surface area (Å²) in [6.07, 6.45) is 0. The Labute approximate surface area is 149 Å². The largest absolute Gasteiger partial charge is 0.396 e. The van der Waals surface area contributed by atoms with Crippen molar-refractivity contribution in [2.75, 3.05) is 26.8 Å². The number of aliphatic hydroxyl groups excluding tert-OH is 2. The lowest BCUT2D eigenvalue weighted by Gasteiger charge is -2.30. The van der Waals surface area contributed by atoms with Crippen molar-refractivity contribution < 1.29 is 15.0 Å². The number of hydrogen-bond acceptors (Lipinski definition) is 3. The third-order valence-electron chi connectivity index (χ3n) is 4.72. The Morgan fingerprint density at radius 2 is 1.76 bits per heavy atom. The smallest absolute Gasteiger partial charge is 0.255 e. The zero-order valence-corrected chi connectivity index (χ0v) is 15.5. The van der Waals surface area contributed by atoms with Gasteiger partial charge in [0.25, 0.3) is 5.91 Å². The number of hydrogen-bond donors (Lipinski definition) is 2. The summed E-state index contributed by atoms with van der Waals surface area (Å²) in [6.45, 7) is 6.38. The van der Waals surface area contributed by atoms with E-state index in [0.717, 1.165) is 17.9 Å². The maximum Gasteiger partial charge on any atom is 0.255 e. The van der Waals surface area contributed by atoms with Gasteiger partial charge in [-0.3, -0.25) is 4.79 Å². The molecule has 2 N–H and O–H groups in total. The van der Waals surface area contributed by atoms with Gasteiger partial charge < -0.3 is 19.7 Å². The Bertz CT molecular complexity index is 718. The number of nitrogens with zero attached hydrogens (tertiary/aromatic N) is 2. The summed E-state index contributed by atoms with van der Waals surface area (Å²) in [5, 5.41) is 18.9. The molecule has 1 aromatic carbocycles. The van der Waals surface area contributed by atoms with Crippen molar-refractivity contribution >= 4 is 5.91 Å². The van der Waals surface area contributed by atoms with E-state index in [-0.39, 0.29) is 19.1 Å². The monoisotopic (exact) mass is 344 g/mol. The van der Waals surface area contributed by atoms with E-state index in [2.05, 4.69) is 16.7 Å². The van der Waals surface area contributed by atoms with Crippen molar-refractivity contribution in [3.8, 4) is 0 Å². The number of amides is 1. The Morgan fingerprint density at radius 3 is 2.32 bits per heavy atom. The molecule has 2 rings (SSSR count). The van der Waals surface area contributed by atoms with Gasteiger partial charge in [0, 0.05) is 36.9 Å². The van der Waals surface area contributed by atoms with Crippen molar-refractivity contribution in [2.45, 2.75) is 27.3 Å². The van der Waals surface area contributed by atoms with Crippen LogP contribution in [0.2, 0.25) is 0 Å². The van der Waals surface area contributed by atoms with Crippen LogP contribution in [0.4, 0.5) is 0 Å². The lowest BCUT2D eigenvalue weighted by molar-refractivity contribution is 0.0366. The van der Waals surface area contributed by atoms with Gasteiger partial charge in [-0.05, 0) is 25.5 Å². The van der Waals surface area contributed by atoms with Crippen molar-refractivity contribution in [3.63, 3.8) is 0 Å². The van der Waals surface area contributed by atoms with Crippen LogP contribution in [0, 0.1) is 19.3 Å². The minimum absolute atomic E-state index is 0.0967. The molecule has 25 heavy (non-hydrogen) atoms. The number of aromatic nitrogens is 1. The molecule has 0 fully saturated rings. The fraction of sp³-hybridized carbons (Fsp3) is 0.450. The van der Waals surface area contributed by atoms with E-state index in [1.165, 1.54) is 5.56 Å². The lowest BCUT2D eigenvalue weighted by atomic mass is 9.92. The average Bonchev–Trinajstić information content (AvgIpc) is 2.90. The minimum Gasteiger partial charge on any atom is -0.396 e. The van der Waals surface area contributed by atoms with Crippen molar-refractivity contribution in [2.24, 2.45) is 5.41 Å². The second kappa shape index (κ2) is 7.85. The summed E-state index contributed by atoms with van der Waals surface area (Å²) < 4.78 is 2.13. The molecule has 0 aliphatic rings. The van der Waals surface area contributed by atoms with Gasteiger partial charge in [-0.2, -0.15) is 0 Å². The van der Waals surface area contributed by atoms with E-state index in [4.69, 9.17) is 0 Å². The standard InChI is InChI=1S/C20H28N2O3/c1-15-10-18(19(25)21(4)12-20(3,13-23)14-24)16(2)22(15)11-17-8-6-5-7-9-17/h5-10,23-24H,11-14H2,1-4H3. The molecule has 2 aromatic rings. The van der Waals surface area contributed by atoms with Crippen LogP contribution in [0.5, 0.6) is 0 Å². The van der Waals surface area contributed by atoms with E-state index in [1.54, 1.807) is 18.9 Å². The summed E-state index contributed by atoms with van der Waals surface area (Å²) in [5.41, 5.74) is 3.09. The molecule has 1 aromatic heterocycles. The first kappa shape index (κ1) is 19.2. The van der Waals surface area contributed by atoms with Gasteiger partial charge in [-0.25, -0.2) is 0 Å². The number of rotatable bonds is 7. The second-order valence-electron chi connectivity index (χ2n) is 7.14. The molecule has 0 bridgehead atoms. The Balaban J connectivity index is 2.22. The SMILES string of the molecule is Cc1cc(C(=O)N(C)CC(C)(CO)CO)c(C)n1Cc1ccccc1. The van der Waals surface area contributed by atoms with Crippen molar-refractivity contribution in [1.29, 1.82) is 0 Å². The third kappa shape index (κ3) is 4.30. The van der Waals surface area contributed by atoms with Gasteiger partial charge in [0.1, 0.15) is 0 Å². The zero-order chi connectivity index (χ0) is 18.6. The summed E-state index contributed by atoms with van der Waals surface area (Å²) in [5.74, 6) is -0.0967. The summed E-state index contributed by atoms with van der Waals surface area (Å²) in [6, 6.07) is 12.1. The van der Waals surface area contributed by atoms with Gasteiger partial charge in [-0.1, -0.05) is 37.3 Å². The van der Waals surface area contributed by atoms with E-state index in [1.807, 2.05) is 38.1 Å². The molecule has 0 radical (unpaired) electrons. The quantitative estimate of drug-likeness (QED) is 0.809. The maximum atomic E-state index is 12.8. The molecule has 0 unspecified atom stereocenters. The van der Waals surface area contributed by atoms with Gasteiger partial charge >= 0.3 is 0 Å². The molecule has 0 aliphatic carbocycles. The van der Waals surface area contributed by atoms with Crippen LogP contribution in [0.3, 0.4) is 0 Å². The van der Waals surface area contributed by atoms with Crippen LogP contribution in [0.1, 0.15) is 34.2 Å². The molecule has 0 saturated carbocycles. The van der Waals surface area contributed by atoms with Crippen LogP contribution in [0.25, 0.3) is 0 Å². The predicted octanol–water partition coefficient (Wildman–Crippen LogP) is 2.22. The van der Waals surface area contributed by atoms with Crippen LogP contribution >= 0.6 is 0 Å². The molecule has 136 valence electrons. The zero-order valence-electron chi connectivity index (χ0n) is 15.5. The summed E-state index contributed by atoms with van der Waals surface area (Å²) in [7, 11) is 1.70. The van der Waals surface area contributed by atoms with Crippen molar-refractivity contribution in [3.05, 3.63) is 58.9 Å². The molecule has 1 heterocycles. The topological polar surface area (TPSA) is 65.7 Å². The molecule has 0 atom stereocenters. The normalized spacial score (nSPS) is 11.6. The average molecular weight is 344 g/mol. The molecule has 5 heteroatoms. The van der Waals surface area contributed by atoms with Gasteiger partial charge in [0.15, 0.2) is 0 Å². The Hall–Kier alpha value is -2.11. The Morgan fingerprint density at radius 1 is 1.16 bits per heavy atom. The predicted molar refractivity (Wildman–Crippen MR) is 98.7 cm³/mol.